The Bertz CT molecular complexity index is 461. The van der Waals surface area contributed by atoms with Crippen LogP contribution in [0.1, 0.15) is 18.4 Å². The molecule has 118 valence electrons. The molecule has 5 nitrogen and oxygen atoms in total. The van der Waals surface area contributed by atoms with Crippen LogP contribution in [0.25, 0.3) is 0 Å². The van der Waals surface area contributed by atoms with Gasteiger partial charge in [0.05, 0.1) is 21.3 Å². The van der Waals surface area contributed by atoms with Crippen LogP contribution in [0.3, 0.4) is 0 Å². The summed E-state index contributed by atoms with van der Waals surface area (Å²) in [4.78, 5) is 2.28. The van der Waals surface area contributed by atoms with Gasteiger partial charge in [0.1, 0.15) is 0 Å². The highest BCUT2D eigenvalue weighted by atomic mass is 16.5. The second-order valence-electron chi connectivity index (χ2n) is 5.46. The normalized spacial score (nSPS) is 14.3. The van der Waals surface area contributed by atoms with Crippen LogP contribution in [-0.2, 0) is 6.54 Å². The molecule has 1 saturated carbocycles. The molecule has 0 aromatic heterocycles. The molecule has 5 heteroatoms. The van der Waals surface area contributed by atoms with Gasteiger partial charge in [-0.1, -0.05) is 6.07 Å². The summed E-state index contributed by atoms with van der Waals surface area (Å²) in [6.07, 6.45) is 2.65. The summed E-state index contributed by atoms with van der Waals surface area (Å²) in [6.45, 7) is 2.85. The van der Waals surface area contributed by atoms with Gasteiger partial charge in [0.15, 0.2) is 11.5 Å². The summed E-state index contributed by atoms with van der Waals surface area (Å²) in [5.74, 6) is 2.09. The predicted octanol–water partition coefficient (Wildman–Crippen LogP) is 1.90. The van der Waals surface area contributed by atoms with Crippen LogP contribution in [0.5, 0.6) is 17.2 Å². The van der Waals surface area contributed by atoms with Crippen LogP contribution >= 0.6 is 0 Å². The monoisotopic (exact) mass is 294 g/mol. The second-order valence-corrected chi connectivity index (χ2v) is 5.46. The molecule has 0 saturated heterocycles. The number of methoxy groups -OCH3 is 3. The van der Waals surface area contributed by atoms with Gasteiger partial charge in [-0.05, 0) is 26.0 Å². The van der Waals surface area contributed by atoms with E-state index in [4.69, 9.17) is 14.2 Å². The Balaban J connectivity index is 2.00. The minimum atomic E-state index is 0.655. The molecule has 0 aliphatic heterocycles. The highest BCUT2D eigenvalue weighted by Gasteiger charge is 2.20. The van der Waals surface area contributed by atoms with Gasteiger partial charge in [0.2, 0.25) is 5.75 Å². The summed E-state index contributed by atoms with van der Waals surface area (Å²) in [5, 5.41) is 3.53. The molecule has 0 bridgehead atoms. The van der Waals surface area contributed by atoms with E-state index in [0.717, 1.165) is 37.0 Å². The number of ether oxygens (including phenoxy) is 3. The standard InChI is InChI=1S/C16H26N2O3/c1-18(10-9-17-13-6-7-13)11-12-5-8-14(19-2)16(21-4)15(12)20-3/h5,8,13,17H,6-7,9-11H2,1-4H3. The molecule has 0 spiro atoms. The highest BCUT2D eigenvalue weighted by molar-refractivity contribution is 5.55. The molecule has 1 aliphatic carbocycles. The van der Waals surface area contributed by atoms with E-state index in [1.165, 1.54) is 12.8 Å². The SMILES string of the molecule is COc1ccc(CN(C)CCNC2CC2)c(OC)c1OC. The first-order valence-electron chi connectivity index (χ1n) is 7.39. The average molecular weight is 294 g/mol. The molecule has 0 unspecified atom stereocenters. The molecule has 1 fully saturated rings. The number of likely N-dealkylation sites (N-methyl/N-ethyl adjacent to an activating group) is 1. The first-order valence-corrected chi connectivity index (χ1v) is 7.39. The van der Waals surface area contributed by atoms with Crippen LogP contribution in [0.15, 0.2) is 12.1 Å². The van der Waals surface area contributed by atoms with Crippen molar-refractivity contribution in [2.24, 2.45) is 0 Å². The number of rotatable bonds is 9. The van der Waals surface area contributed by atoms with Gasteiger partial charge in [-0.3, -0.25) is 0 Å². The molecule has 1 aliphatic rings. The van der Waals surface area contributed by atoms with E-state index in [-0.39, 0.29) is 0 Å². The van der Waals surface area contributed by atoms with E-state index in [1.54, 1.807) is 21.3 Å². The first kappa shape index (κ1) is 15.9. The Kier molecular flexibility index (Phi) is 5.70. The highest BCUT2D eigenvalue weighted by Crippen LogP contribution is 2.40. The van der Waals surface area contributed by atoms with E-state index in [9.17, 15) is 0 Å². The first-order chi connectivity index (χ1) is 10.2. The molecule has 0 radical (unpaired) electrons. The molecular weight excluding hydrogens is 268 g/mol. The van der Waals surface area contributed by atoms with Crippen molar-refractivity contribution in [3.05, 3.63) is 17.7 Å². The van der Waals surface area contributed by atoms with Crippen molar-refractivity contribution >= 4 is 0 Å². The number of hydrogen-bond donors (Lipinski definition) is 1. The van der Waals surface area contributed by atoms with Crippen LogP contribution in [-0.4, -0.2) is 52.4 Å². The Hall–Kier alpha value is -1.46. The van der Waals surface area contributed by atoms with E-state index >= 15 is 0 Å². The van der Waals surface area contributed by atoms with E-state index in [1.807, 2.05) is 12.1 Å². The Morgan fingerprint density at radius 2 is 1.81 bits per heavy atom. The summed E-state index contributed by atoms with van der Waals surface area (Å²) < 4.78 is 16.2. The molecule has 0 heterocycles. The fourth-order valence-electron chi connectivity index (χ4n) is 2.40. The Morgan fingerprint density at radius 1 is 1.10 bits per heavy atom. The van der Waals surface area contributed by atoms with Gasteiger partial charge in [-0.15, -0.1) is 0 Å². The van der Waals surface area contributed by atoms with Gasteiger partial charge in [0.25, 0.3) is 0 Å². The number of hydrogen-bond acceptors (Lipinski definition) is 5. The number of benzene rings is 1. The average Bonchev–Trinajstić information content (AvgIpc) is 3.30. The second kappa shape index (κ2) is 7.52. The summed E-state index contributed by atoms with van der Waals surface area (Å²) >= 11 is 0. The van der Waals surface area contributed by atoms with Crippen molar-refractivity contribution < 1.29 is 14.2 Å². The molecule has 0 atom stereocenters. The minimum absolute atomic E-state index is 0.655. The third kappa shape index (κ3) is 4.25. The lowest BCUT2D eigenvalue weighted by Gasteiger charge is -2.20. The summed E-state index contributed by atoms with van der Waals surface area (Å²) in [5.41, 5.74) is 1.10. The number of nitrogens with zero attached hydrogens (tertiary/aromatic N) is 1. The van der Waals surface area contributed by atoms with Crippen LogP contribution in [0.2, 0.25) is 0 Å². The van der Waals surface area contributed by atoms with Crippen molar-refractivity contribution in [1.29, 1.82) is 0 Å². The van der Waals surface area contributed by atoms with Gasteiger partial charge in [0, 0.05) is 31.2 Å². The van der Waals surface area contributed by atoms with Gasteiger partial charge >= 0.3 is 0 Å². The van der Waals surface area contributed by atoms with Crippen LogP contribution in [0.4, 0.5) is 0 Å². The molecule has 2 rings (SSSR count). The van der Waals surface area contributed by atoms with E-state index in [2.05, 4.69) is 17.3 Å². The fraction of sp³-hybridized carbons (Fsp3) is 0.625. The third-order valence-electron chi connectivity index (χ3n) is 3.73. The zero-order valence-corrected chi connectivity index (χ0v) is 13.4. The maximum Gasteiger partial charge on any atom is 0.203 e. The lowest BCUT2D eigenvalue weighted by atomic mass is 10.1. The lowest BCUT2D eigenvalue weighted by molar-refractivity contribution is 0.300. The van der Waals surface area contributed by atoms with Crippen molar-refractivity contribution in [2.45, 2.75) is 25.4 Å². The Morgan fingerprint density at radius 3 is 2.38 bits per heavy atom. The maximum atomic E-state index is 5.52. The van der Waals surface area contributed by atoms with Crippen molar-refractivity contribution in [3.8, 4) is 17.2 Å². The third-order valence-corrected chi connectivity index (χ3v) is 3.73. The predicted molar refractivity (Wildman–Crippen MR) is 83.5 cm³/mol. The molecule has 0 amide bonds. The number of nitrogens with one attached hydrogen (secondary N) is 1. The molecule has 1 aromatic carbocycles. The van der Waals surface area contributed by atoms with Crippen molar-refractivity contribution in [3.63, 3.8) is 0 Å². The molecule has 1 N–H and O–H groups in total. The van der Waals surface area contributed by atoms with Gasteiger partial charge < -0.3 is 24.4 Å². The topological polar surface area (TPSA) is 43.0 Å². The van der Waals surface area contributed by atoms with Gasteiger partial charge in [-0.25, -0.2) is 0 Å². The quantitative estimate of drug-likeness (QED) is 0.753. The van der Waals surface area contributed by atoms with Crippen LogP contribution < -0.4 is 19.5 Å². The fourth-order valence-corrected chi connectivity index (χ4v) is 2.40. The van der Waals surface area contributed by atoms with E-state index < -0.39 is 0 Å². The zero-order chi connectivity index (χ0) is 15.2. The molecule has 21 heavy (non-hydrogen) atoms. The maximum absolute atomic E-state index is 5.52. The molecular formula is C16H26N2O3. The minimum Gasteiger partial charge on any atom is -0.493 e. The summed E-state index contributed by atoms with van der Waals surface area (Å²) in [7, 11) is 7.04. The largest absolute Gasteiger partial charge is 0.493 e. The zero-order valence-electron chi connectivity index (χ0n) is 13.4. The van der Waals surface area contributed by atoms with Crippen molar-refractivity contribution in [1.82, 2.24) is 10.2 Å². The smallest absolute Gasteiger partial charge is 0.203 e. The van der Waals surface area contributed by atoms with Crippen LogP contribution in [0, 0.1) is 0 Å². The lowest BCUT2D eigenvalue weighted by Crippen LogP contribution is -2.30. The van der Waals surface area contributed by atoms with E-state index in [0.29, 0.717) is 11.5 Å². The van der Waals surface area contributed by atoms with Crippen molar-refractivity contribution in [2.75, 3.05) is 41.5 Å². The van der Waals surface area contributed by atoms with Gasteiger partial charge in [-0.2, -0.15) is 0 Å². The Labute approximate surface area is 127 Å². The molecule has 1 aromatic rings. The summed E-state index contributed by atoms with van der Waals surface area (Å²) in [6, 6.07) is 4.71.